The zero-order valence-corrected chi connectivity index (χ0v) is 17.3. The van der Waals surface area contributed by atoms with E-state index in [1.807, 2.05) is 0 Å². The molecule has 0 saturated carbocycles. The van der Waals surface area contributed by atoms with Crippen LogP contribution in [0.5, 0.6) is 0 Å². The van der Waals surface area contributed by atoms with E-state index in [1.54, 1.807) is 24.3 Å². The number of carbonyl (C=O) groups excluding carboxylic acids is 1. The van der Waals surface area contributed by atoms with Gasteiger partial charge in [0, 0.05) is 29.9 Å². The monoisotopic (exact) mass is 426 g/mol. The van der Waals surface area contributed by atoms with E-state index >= 15 is 0 Å². The van der Waals surface area contributed by atoms with Crippen LogP contribution in [-0.2, 0) is 10.0 Å². The summed E-state index contributed by atoms with van der Waals surface area (Å²) in [7, 11) is -3.54. The lowest BCUT2D eigenvalue weighted by Crippen LogP contribution is -2.37. The van der Waals surface area contributed by atoms with Gasteiger partial charge in [0.1, 0.15) is 0 Å². The van der Waals surface area contributed by atoms with E-state index in [1.165, 1.54) is 35.0 Å². The first-order valence-corrected chi connectivity index (χ1v) is 11.2. The lowest BCUT2D eigenvalue weighted by Gasteiger charge is -2.29. The molecule has 0 aliphatic carbocycles. The van der Waals surface area contributed by atoms with Crippen LogP contribution in [0.1, 0.15) is 30.1 Å². The molecular weight excluding hydrogens is 404 g/mol. The molecule has 2 aromatic carbocycles. The number of aromatic nitrogens is 2. The minimum absolute atomic E-state index is 0.201. The standard InChI is InChI=1S/C21H22N4O4S/c1-15-9-11-25(12-10-15)30(27,28)19-7-5-16(6-8-19)20(26)23-18-4-2-3-17(13-18)21-24-22-14-29-21/h2-8,13-15H,9-12H2,1H3,(H,23,26). The lowest BCUT2D eigenvalue weighted by molar-refractivity contribution is 0.102. The Kier molecular flexibility index (Phi) is 5.65. The van der Waals surface area contributed by atoms with Gasteiger partial charge in [-0.15, -0.1) is 10.2 Å². The molecule has 9 heteroatoms. The number of sulfonamides is 1. The van der Waals surface area contributed by atoms with Crippen molar-refractivity contribution in [1.82, 2.24) is 14.5 Å². The van der Waals surface area contributed by atoms with E-state index < -0.39 is 10.0 Å². The van der Waals surface area contributed by atoms with Gasteiger partial charge in [0.15, 0.2) is 0 Å². The molecule has 30 heavy (non-hydrogen) atoms. The van der Waals surface area contributed by atoms with Gasteiger partial charge in [-0.3, -0.25) is 4.79 Å². The summed E-state index contributed by atoms with van der Waals surface area (Å²) >= 11 is 0. The van der Waals surface area contributed by atoms with Crippen molar-refractivity contribution in [3.8, 4) is 11.5 Å². The van der Waals surface area contributed by atoms with Crippen LogP contribution in [0.2, 0.25) is 0 Å². The topological polar surface area (TPSA) is 105 Å². The Bertz CT molecular complexity index is 1120. The van der Waals surface area contributed by atoms with E-state index in [2.05, 4.69) is 22.4 Å². The molecule has 156 valence electrons. The molecule has 1 N–H and O–H groups in total. The zero-order chi connectivity index (χ0) is 21.1. The van der Waals surface area contributed by atoms with Crippen LogP contribution >= 0.6 is 0 Å². The van der Waals surface area contributed by atoms with E-state index in [-0.39, 0.29) is 10.8 Å². The highest BCUT2D eigenvalue weighted by Gasteiger charge is 2.28. The first-order valence-electron chi connectivity index (χ1n) is 9.71. The minimum atomic E-state index is -3.54. The summed E-state index contributed by atoms with van der Waals surface area (Å²) in [5.74, 6) is 0.557. The summed E-state index contributed by atoms with van der Waals surface area (Å²) in [6, 6.07) is 13.0. The second kappa shape index (κ2) is 8.37. The molecule has 1 fully saturated rings. The molecule has 0 spiro atoms. The summed E-state index contributed by atoms with van der Waals surface area (Å²) in [5.41, 5.74) is 1.61. The number of nitrogens with zero attached hydrogens (tertiary/aromatic N) is 3. The Balaban J connectivity index is 1.46. The van der Waals surface area contributed by atoms with Crippen molar-refractivity contribution in [2.75, 3.05) is 18.4 Å². The Morgan fingerprint density at radius 3 is 2.53 bits per heavy atom. The minimum Gasteiger partial charge on any atom is -0.423 e. The molecule has 1 aliphatic rings. The molecule has 0 bridgehead atoms. The number of benzene rings is 2. The van der Waals surface area contributed by atoms with Gasteiger partial charge in [-0.1, -0.05) is 13.0 Å². The van der Waals surface area contributed by atoms with Gasteiger partial charge in [-0.25, -0.2) is 8.42 Å². The summed E-state index contributed by atoms with van der Waals surface area (Å²) in [4.78, 5) is 12.8. The van der Waals surface area contributed by atoms with Crippen molar-refractivity contribution in [2.24, 2.45) is 5.92 Å². The molecule has 4 rings (SSSR count). The third-order valence-electron chi connectivity index (χ3n) is 5.22. The van der Waals surface area contributed by atoms with E-state index in [0.29, 0.717) is 41.7 Å². The van der Waals surface area contributed by atoms with Crippen LogP contribution in [0, 0.1) is 5.92 Å². The maximum Gasteiger partial charge on any atom is 0.255 e. The summed E-state index contributed by atoms with van der Waals surface area (Å²) in [6.45, 7) is 3.19. The normalized spacial score (nSPS) is 15.8. The zero-order valence-electron chi connectivity index (χ0n) is 16.5. The fourth-order valence-corrected chi connectivity index (χ4v) is 4.85. The second-order valence-corrected chi connectivity index (χ2v) is 9.33. The molecule has 0 atom stereocenters. The smallest absolute Gasteiger partial charge is 0.255 e. The lowest BCUT2D eigenvalue weighted by atomic mass is 10.0. The summed E-state index contributed by atoms with van der Waals surface area (Å²) in [6.07, 6.45) is 2.96. The number of hydrogen-bond donors (Lipinski definition) is 1. The number of hydrogen-bond acceptors (Lipinski definition) is 6. The van der Waals surface area contributed by atoms with Crippen molar-refractivity contribution in [1.29, 1.82) is 0 Å². The van der Waals surface area contributed by atoms with Crippen molar-refractivity contribution in [3.05, 3.63) is 60.5 Å². The molecule has 8 nitrogen and oxygen atoms in total. The Morgan fingerprint density at radius 1 is 1.13 bits per heavy atom. The third-order valence-corrected chi connectivity index (χ3v) is 7.14. The maximum atomic E-state index is 12.8. The fraction of sp³-hybridized carbons (Fsp3) is 0.286. The quantitative estimate of drug-likeness (QED) is 0.670. The van der Waals surface area contributed by atoms with E-state index in [0.717, 1.165) is 12.8 Å². The first kappa shape index (κ1) is 20.2. The van der Waals surface area contributed by atoms with Crippen molar-refractivity contribution >= 4 is 21.6 Å². The highest BCUT2D eigenvalue weighted by atomic mass is 32.2. The average Bonchev–Trinajstić information content (AvgIpc) is 3.29. The van der Waals surface area contributed by atoms with Gasteiger partial charge in [0.2, 0.25) is 22.3 Å². The average molecular weight is 426 g/mol. The molecule has 3 aromatic rings. The Labute approximate surface area is 175 Å². The van der Waals surface area contributed by atoms with Crippen molar-refractivity contribution < 1.29 is 17.6 Å². The molecule has 0 radical (unpaired) electrons. The third kappa shape index (κ3) is 4.27. The number of piperidine rings is 1. The van der Waals surface area contributed by atoms with Gasteiger partial charge in [-0.05, 0) is 61.2 Å². The largest absolute Gasteiger partial charge is 0.423 e. The predicted molar refractivity (Wildman–Crippen MR) is 111 cm³/mol. The number of carbonyl (C=O) groups is 1. The number of anilines is 1. The van der Waals surface area contributed by atoms with Crippen molar-refractivity contribution in [3.63, 3.8) is 0 Å². The highest BCUT2D eigenvalue weighted by molar-refractivity contribution is 7.89. The van der Waals surface area contributed by atoms with Gasteiger partial charge >= 0.3 is 0 Å². The highest BCUT2D eigenvalue weighted by Crippen LogP contribution is 2.24. The van der Waals surface area contributed by atoms with Gasteiger partial charge in [0.05, 0.1) is 4.90 Å². The molecule has 0 unspecified atom stereocenters. The second-order valence-electron chi connectivity index (χ2n) is 7.39. The summed E-state index contributed by atoms with van der Waals surface area (Å²) < 4.78 is 32.3. The van der Waals surface area contributed by atoms with Crippen molar-refractivity contribution in [2.45, 2.75) is 24.7 Å². The van der Waals surface area contributed by atoms with Crippen LogP contribution in [0.15, 0.2) is 64.2 Å². The SMILES string of the molecule is CC1CCN(S(=O)(=O)c2ccc(C(=O)Nc3cccc(-c4nnco4)c3)cc2)CC1. The van der Waals surface area contributed by atoms with E-state index in [9.17, 15) is 13.2 Å². The maximum absolute atomic E-state index is 12.8. The van der Waals surface area contributed by atoms with Crippen LogP contribution in [-0.4, -0.2) is 41.9 Å². The molecule has 1 aromatic heterocycles. The fourth-order valence-electron chi connectivity index (χ4n) is 3.38. The van der Waals surface area contributed by atoms with Crippen LogP contribution in [0.4, 0.5) is 5.69 Å². The van der Waals surface area contributed by atoms with E-state index in [4.69, 9.17) is 4.42 Å². The first-order chi connectivity index (χ1) is 14.4. The van der Waals surface area contributed by atoms with Gasteiger partial charge < -0.3 is 9.73 Å². The number of rotatable bonds is 5. The molecular formula is C21H22N4O4S. The summed E-state index contributed by atoms with van der Waals surface area (Å²) in [5, 5.41) is 10.3. The molecule has 1 saturated heterocycles. The van der Waals surface area contributed by atoms with Crippen LogP contribution < -0.4 is 5.32 Å². The predicted octanol–water partition coefficient (Wildman–Crippen LogP) is 3.41. The molecule has 1 aliphatic heterocycles. The van der Waals surface area contributed by atoms with Crippen LogP contribution in [0.25, 0.3) is 11.5 Å². The van der Waals surface area contributed by atoms with Gasteiger partial charge in [-0.2, -0.15) is 4.31 Å². The Hall–Kier alpha value is -3.04. The molecule has 2 heterocycles. The number of amides is 1. The Morgan fingerprint density at radius 2 is 1.87 bits per heavy atom. The molecule has 1 amide bonds. The van der Waals surface area contributed by atoms with Crippen LogP contribution in [0.3, 0.4) is 0 Å². The number of nitrogens with one attached hydrogen (secondary N) is 1. The van der Waals surface area contributed by atoms with Gasteiger partial charge in [0.25, 0.3) is 5.91 Å².